The summed E-state index contributed by atoms with van der Waals surface area (Å²) in [5.41, 5.74) is 9.48. The van der Waals surface area contributed by atoms with Crippen molar-refractivity contribution in [1.82, 2.24) is 19.9 Å². The van der Waals surface area contributed by atoms with E-state index in [1.54, 1.807) is 17.3 Å². The largest absolute Gasteiger partial charge is 0.470 e. The third-order valence-corrected chi connectivity index (χ3v) is 5.33. The fourth-order valence-corrected chi connectivity index (χ4v) is 3.52. The molecule has 4 rings (SSSR count). The lowest BCUT2D eigenvalue weighted by Gasteiger charge is -2.34. The number of pyridine rings is 1. The van der Waals surface area contributed by atoms with Crippen LogP contribution in [0.5, 0.6) is 5.88 Å². The van der Waals surface area contributed by atoms with E-state index in [1.165, 1.54) is 0 Å². The van der Waals surface area contributed by atoms with Crippen molar-refractivity contribution in [2.45, 2.75) is 19.1 Å². The van der Waals surface area contributed by atoms with Gasteiger partial charge in [-0.25, -0.2) is 14.8 Å². The average molecular weight is 422 g/mol. The lowest BCUT2D eigenvalue weighted by molar-refractivity contribution is -0.0640. The fraction of sp³-hybridized carbons (Fsp3) is 0.364. The van der Waals surface area contributed by atoms with E-state index in [9.17, 15) is 4.79 Å². The zero-order chi connectivity index (χ0) is 22.0. The molecule has 0 aliphatic carbocycles. The Balaban J connectivity index is 1.64. The molecule has 9 nitrogen and oxygen atoms in total. The molecular formula is C22H26N6O3. The molecule has 1 saturated heterocycles. The molecule has 0 saturated carbocycles. The number of nitrogens with zero attached hydrogens (tertiary/aromatic N) is 5. The molecule has 0 radical (unpaired) electrons. The van der Waals surface area contributed by atoms with E-state index >= 15 is 0 Å². The summed E-state index contributed by atoms with van der Waals surface area (Å²) in [6, 6.07) is 9.55. The van der Waals surface area contributed by atoms with Crippen LogP contribution < -0.4 is 15.4 Å². The topological polar surface area (TPSA) is 107 Å². The SMILES string of the molecule is C[C@H](Oc1nc(-c2ccc(N(C)C)cc2)cc2nccnc12)[C@@H]1CN(C(N)=O)CCO1. The maximum atomic E-state index is 11.5. The zero-order valence-corrected chi connectivity index (χ0v) is 17.9. The normalized spacial score (nSPS) is 17.4. The molecule has 0 bridgehead atoms. The number of anilines is 1. The number of hydrogen-bond donors (Lipinski definition) is 1. The molecule has 2 atom stereocenters. The Kier molecular flexibility index (Phi) is 5.85. The summed E-state index contributed by atoms with van der Waals surface area (Å²) >= 11 is 0. The molecule has 2 N–H and O–H groups in total. The molecule has 0 unspecified atom stereocenters. The molecule has 0 spiro atoms. The number of benzene rings is 1. The molecule has 1 aliphatic rings. The molecule has 1 aliphatic heterocycles. The van der Waals surface area contributed by atoms with Crippen molar-refractivity contribution in [3.05, 3.63) is 42.7 Å². The van der Waals surface area contributed by atoms with Crippen molar-refractivity contribution in [2.24, 2.45) is 5.73 Å². The minimum Gasteiger partial charge on any atom is -0.470 e. The molecule has 162 valence electrons. The van der Waals surface area contributed by atoms with Crippen molar-refractivity contribution in [1.29, 1.82) is 0 Å². The van der Waals surface area contributed by atoms with E-state index in [2.05, 4.69) is 9.97 Å². The lowest BCUT2D eigenvalue weighted by atomic mass is 10.1. The van der Waals surface area contributed by atoms with E-state index in [0.717, 1.165) is 16.9 Å². The van der Waals surface area contributed by atoms with Crippen molar-refractivity contribution < 1.29 is 14.3 Å². The number of hydrogen-bond acceptors (Lipinski definition) is 7. The molecule has 1 fully saturated rings. The number of aromatic nitrogens is 3. The number of carbonyl (C=O) groups is 1. The van der Waals surface area contributed by atoms with E-state index < -0.39 is 6.03 Å². The van der Waals surface area contributed by atoms with E-state index in [-0.39, 0.29) is 12.2 Å². The number of fused-ring (bicyclic) bond motifs is 1. The van der Waals surface area contributed by atoms with Crippen molar-refractivity contribution in [3.63, 3.8) is 0 Å². The maximum Gasteiger partial charge on any atom is 0.314 e. The van der Waals surface area contributed by atoms with Crippen LogP contribution in [0.4, 0.5) is 10.5 Å². The molecule has 1 aromatic carbocycles. The van der Waals surface area contributed by atoms with Gasteiger partial charge in [0.05, 0.1) is 24.4 Å². The average Bonchev–Trinajstić information content (AvgIpc) is 2.79. The second-order valence-corrected chi connectivity index (χ2v) is 7.69. The van der Waals surface area contributed by atoms with Crippen molar-refractivity contribution in [3.8, 4) is 17.1 Å². The monoisotopic (exact) mass is 422 g/mol. The van der Waals surface area contributed by atoms with Gasteiger partial charge in [0.1, 0.15) is 12.2 Å². The Morgan fingerprint density at radius 1 is 1.26 bits per heavy atom. The van der Waals surface area contributed by atoms with Gasteiger partial charge in [0.2, 0.25) is 5.88 Å². The smallest absolute Gasteiger partial charge is 0.314 e. The number of nitrogens with two attached hydrogens (primary N) is 1. The summed E-state index contributed by atoms with van der Waals surface area (Å²) < 4.78 is 12.0. The van der Waals surface area contributed by atoms with Gasteiger partial charge in [-0.1, -0.05) is 12.1 Å². The van der Waals surface area contributed by atoms with Gasteiger partial charge in [0.25, 0.3) is 0 Å². The first-order chi connectivity index (χ1) is 14.9. The van der Waals surface area contributed by atoms with Crippen LogP contribution in [-0.4, -0.2) is 71.9 Å². The second kappa shape index (κ2) is 8.73. The molecule has 2 aromatic heterocycles. The summed E-state index contributed by atoms with van der Waals surface area (Å²) in [6.45, 7) is 3.14. The predicted octanol–water partition coefficient (Wildman–Crippen LogP) is 2.30. The quantitative estimate of drug-likeness (QED) is 0.672. The number of ether oxygens (including phenoxy) is 2. The highest BCUT2D eigenvalue weighted by atomic mass is 16.5. The van der Waals surface area contributed by atoms with Crippen LogP contribution in [0.1, 0.15) is 6.92 Å². The summed E-state index contributed by atoms with van der Waals surface area (Å²) in [4.78, 5) is 28.7. The van der Waals surface area contributed by atoms with Crippen LogP contribution in [0, 0.1) is 0 Å². The Bertz CT molecular complexity index is 1070. The number of urea groups is 1. The van der Waals surface area contributed by atoms with Crippen LogP contribution in [0.2, 0.25) is 0 Å². The molecule has 31 heavy (non-hydrogen) atoms. The van der Waals surface area contributed by atoms with Crippen LogP contribution in [0.25, 0.3) is 22.3 Å². The minimum atomic E-state index is -0.460. The first-order valence-electron chi connectivity index (χ1n) is 10.1. The highest BCUT2D eigenvalue weighted by Crippen LogP contribution is 2.29. The predicted molar refractivity (Wildman–Crippen MR) is 118 cm³/mol. The summed E-state index contributed by atoms with van der Waals surface area (Å²) in [6.07, 6.45) is 2.56. The van der Waals surface area contributed by atoms with E-state index in [1.807, 2.05) is 56.3 Å². The first-order valence-corrected chi connectivity index (χ1v) is 10.1. The Labute approximate surface area is 180 Å². The third-order valence-electron chi connectivity index (χ3n) is 5.33. The molecular weight excluding hydrogens is 396 g/mol. The Morgan fingerprint density at radius 2 is 2.00 bits per heavy atom. The van der Waals surface area contributed by atoms with Gasteiger partial charge in [-0.3, -0.25) is 4.98 Å². The Hall–Kier alpha value is -3.46. The van der Waals surface area contributed by atoms with Gasteiger partial charge in [0, 0.05) is 44.3 Å². The zero-order valence-electron chi connectivity index (χ0n) is 17.9. The molecule has 3 aromatic rings. The van der Waals surface area contributed by atoms with Gasteiger partial charge in [-0.15, -0.1) is 0 Å². The van der Waals surface area contributed by atoms with Gasteiger partial charge in [0.15, 0.2) is 5.52 Å². The highest BCUT2D eigenvalue weighted by Gasteiger charge is 2.29. The van der Waals surface area contributed by atoms with Crippen molar-refractivity contribution >= 4 is 22.8 Å². The molecule has 9 heteroatoms. The highest BCUT2D eigenvalue weighted by molar-refractivity contribution is 5.83. The summed E-state index contributed by atoms with van der Waals surface area (Å²) in [7, 11) is 4.00. The lowest BCUT2D eigenvalue weighted by Crippen LogP contribution is -2.52. The Morgan fingerprint density at radius 3 is 2.71 bits per heavy atom. The molecule has 3 heterocycles. The fourth-order valence-electron chi connectivity index (χ4n) is 3.52. The number of primary amides is 1. The number of morpholine rings is 1. The maximum absolute atomic E-state index is 11.5. The molecule has 2 amide bonds. The number of carbonyl (C=O) groups excluding carboxylic acids is 1. The summed E-state index contributed by atoms with van der Waals surface area (Å²) in [5, 5.41) is 0. The van der Waals surface area contributed by atoms with E-state index in [4.69, 9.17) is 20.2 Å². The van der Waals surface area contributed by atoms with Crippen LogP contribution >= 0.6 is 0 Å². The van der Waals surface area contributed by atoms with Crippen molar-refractivity contribution in [2.75, 3.05) is 38.7 Å². The van der Waals surface area contributed by atoms with E-state index in [0.29, 0.717) is 36.6 Å². The number of amides is 2. The second-order valence-electron chi connectivity index (χ2n) is 7.69. The van der Waals surface area contributed by atoms with Gasteiger partial charge in [-0.05, 0) is 25.1 Å². The first kappa shape index (κ1) is 20.8. The minimum absolute atomic E-state index is 0.321. The van der Waals surface area contributed by atoms with Gasteiger partial charge in [-0.2, -0.15) is 0 Å². The standard InChI is InChI=1S/C22H26N6O3/c1-14(19-13-28(22(23)29)10-11-30-19)31-21-20-18(24-8-9-25-20)12-17(26-21)15-4-6-16(7-5-15)27(2)3/h4-9,12,14,19H,10-11,13H2,1-3H3,(H2,23,29)/t14-,19-/m0/s1. The van der Waals surface area contributed by atoms with Gasteiger partial charge >= 0.3 is 6.03 Å². The van der Waals surface area contributed by atoms with Gasteiger partial charge < -0.3 is 25.0 Å². The summed E-state index contributed by atoms with van der Waals surface area (Å²) in [5.74, 6) is 0.379. The third kappa shape index (κ3) is 4.51. The number of rotatable bonds is 5. The van der Waals surface area contributed by atoms with Crippen LogP contribution in [-0.2, 0) is 4.74 Å². The van der Waals surface area contributed by atoms with Crippen LogP contribution in [0.3, 0.4) is 0 Å². The van der Waals surface area contributed by atoms with Crippen LogP contribution in [0.15, 0.2) is 42.7 Å².